The highest BCUT2D eigenvalue weighted by Gasteiger charge is 2.40. The molecule has 180 valence electrons. The summed E-state index contributed by atoms with van der Waals surface area (Å²) in [6.45, 7) is -0.395. The molecular weight excluding hydrogens is 471 g/mol. The molecule has 0 bridgehead atoms. The van der Waals surface area contributed by atoms with Crippen molar-refractivity contribution in [3.05, 3.63) is 48.5 Å². The molecule has 2 aromatic rings. The number of hydrogen-bond acceptors (Lipinski definition) is 8. The Hall–Kier alpha value is -2.87. The quantitative estimate of drug-likeness (QED) is 0.324. The molecule has 13 heteroatoms. The fourth-order valence-electron chi connectivity index (χ4n) is 3.27. The maximum Gasteiger partial charge on any atom is 0.573 e. The molecule has 1 N–H and O–H groups in total. The number of carbonyl (C=O) groups is 1. The average molecular weight is 491 g/mol. The highest BCUT2D eigenvalue weighted by Crippen LogP contribution is 2.31. The summed E-state index contributed by atoms with van der Waals surface area (Å²) in [5, 5.41) is 9.91. The van der Waals surface area contributed by atoms with Gasteiger partial charge in [0.15, 0.2) is 9.84 Å². The van der Waals surface area contributed by atoms with Crippen molar-refractivity contribution in [1.82, 2.24) is 5.06 Å². The topological polar surface area (TPSA) is 112 Å². The summed E-state index contributed by atoms with van der Waals surface area (Å²) in [5.74, 6) is -0.393. The van der Waals surface area contributed by atoms with Crippen LogP contribution in [-0.2, 0) is 24.1 Å². The molecule has 0 radical (unpaired) electrons. The molecule has 1 amide bonds. The Morgan fingerprint density at radius 2 is 1.52 bits per heavy atom. The summed E-state index contributed by atoms with van der Waals surface area (Å²) in [7, 11) is -3.88. The number of hydrogen-bond donors (Lipinski definition) is 1. The maximum atomic E-state index is 13.0. The molecule has 1 aliphatic heterocycles. The molecule has 33 heavy (non-hydrogen) atoms. The van der Waals surface area contributed by atoms with Gasteiger partial charge in [-0.3, -0.25) is 10.0 Å². The van der Waals surface area contributed by atoms with Gasteiger partial charge >= 0.3 is 6.36 Å². The molecule has 0 aliphatic carbocycles. The van der Waals surface area contributed by atoms with Gasteiger partial charge in [-0.05, 0) is 48.5 Å². The fraction of sp³-hybridized carbons (Fsp3) is 0.350. The smallest absolute Gasteiger partial charge is 0.457 e. The van der Waals surface area contributed by atoms with E-state index in [1.54, 1.807) is 0 Å². The molecule has 9 nitrogen and oxygen atoms in total. The van der Waals surface area contributed by atoms with Crippen molar-refractivity contribution >= 4 is 16.2 Å². The van der Waals surface area contributed by atoms with E-state index in [1.165, 1.54) is 36.4 Å². The van der Waals surface area contributed by atoms with Crippen LogP contribution in [0.2, 0.25) is 0 Å². The second-order valence-electron chi connectivity index (χ2n) is 7.37. The first kappa shape index (κ1) is 24.8. The highest BCUT2D eigenvalue weighted by atomic mass is 32.2. The van der Waals surface area contributed by atoms with E-state index in [2.05, 4.69) is 4.74 Å². The number of halogens is 3. The Morgan fingerprint density at radius 3 is 2.03 bits per heavy atom. The Bertz CT molecular complexity index is 1040. The summed E-state index contributed by atoms with van der Waals surface area (Å²) in [4.78, 5) is 10.8. The van der Waals surface area contributed by atoms with Crippen molar-refractivity contribution in [3.8, 4) is 17.2 Å². The normalized spacial score (nSPS) is 16.1. The first-order valence-corrected chi connectivity index (χ1v) is 11.1. The van der Waals surface area contributed by atoms with Crippen LogP contribution in [0.4, 0.5) is 13.2 Å². The number of alkyl halides is 3. The molecule has 1 aliphatic rings. The van der Waals surface area contributed by atoms with E-state index >= 15 is 0 Å². The molecular formula is C20H20F3NO8S. The number of benzene rings is 2. The number of hydroxylamine groups is 2. The lowest BCUT2D eigenvalue weighted by atomic mass is 9.92. The van der Waals surface area contributed by atoms with Crippen molar-refractivity contribution in [3.63, 3.8) is 0 Å². The van der Waals surface area contributed by atoms with Crippen molar-refractivity contribution in [1.29, 1.82) is 0 Å². The SMILES string of the molecule is O=CN(O)CC1(CS(=O)(=O)c2ccc(Oc3ccc(OC(F)(F)F)cc3)cc2)COCOC1. The first-order chi connectivity index (χ1) is 15.5. The molecule has 2 aromatic carbocycles. The Balaban J connectivity index is 1.69. The Morgan fingerprint density at radius 1 is 1.00 bits per heavy atom. The standard InChI is InChI=1S/C20H20F3NO8S/c21-20(22,23)32-17-3-1-15(2-4-17)31-16-5-7-18(8-6-16)33(27,28)12-19(9-24(26)13-25)10-29-14-30-11-19/h1-8,13,26H,9-12,14H2. The van der Waals surface area contributed by atoms with Gasteiger partial charge in [0, 0.05) is 0 Å². The summed E-state index contributed by atoms with van der Waals surface area (Å²) in [6, 6.07) is 10.1. The molecule has 3 rings (SSSR count). The van der Waals surface area contributed by atoms with E-state index in [0.717, 1.165) is 12.1 Å². The van der Waals surface area contributed by atoms with Crippen molar-refractivity contribution in [2.24, 2.45) is 5.41 Å². The molecule has 0 aromatic heterocycles. The van der Waals surface area contributed by atoms with Crippen LogP contribution in [-0.4, -0.2) is 63.8 Å². The lowest BCUT2D eigenvalue weighted by Gasteiger charge is -2.37. The van der Waals surface area contributed by atoms with Gasteiger partial charge in [0.25, 0.3) is 0 Å². The summed E-state index contributed by atoms with van der Waals surface area (Å²) in [5.41, 5.74) is -1.16. The minimum absolute atomic E-state index is 0.0241. The number of sulfone groups is 1. The van der Waals surface area contributed by atoms with Crippen LogP contribution < -0.4 is 9.47 Å². The van der Waals surface area contributed by atoms with Gasteiger partial charge in [-0.2, -0.15) is 0 Å². The molecule has 0 atom stereocenters. The van der Waals surface area contributed by atoms with E-state index in [0.29, 0.717) is 5.06 Å². The molecule has 0 unspecified atom stereocenters. The van der Waals surface area contributed by atoms with Gasteiger partial charge < -0.3 is 18.9 Å². The summed E-state index contributed by atoms with van der Waals surface area (Å²) >= 11 is 0. The molecule has 1 heterocycles. The Kier molecular flexibility index (Phi) is 7.47. The lowest BCUT2D eigenvalue weighted by molar-refractivity contribution is -0.274. The van der Waals surface area contributed by atoms with Gasteiger partial charge in [-0.1, -0.05) is 0 Å². The second kappa shape index (κ2) is 9.95. The zero-order chi connectivity index (χ0) is 24.1. The number of rotatable bonds is 9. The third-order valence-electron chi connectivity index (χ3n) is 4.57. The van der Waals surface area contributed by atoms with Gasteiger partial charge in [0.05, 0.1) is 35.8 Å². The van der Waals surface area contributed by atoms with Gasteiger partial charge in [0.2, 0.25) is 6.41 Å². The summed E-state index contributed by atoms with van der Waals surface area (Å²) in [6.07, 6.45) is -4.64. The highest BCUT2D eigenvalue weighted by molar-refractivity contribution is 7.91. The monoisotopic (exact) mass is 491 g/mol. The van der Waals surface area contributed by atoms with Crippen LogP contribution in [0.25, 0.3) is 0 Å². The van der Waals surface area contributed by atoms with Crippen LogP contribution in [0.3, 0.4) is 0 Å². The molecule has 1 fully saturated rings. The zero-order valence-corrected chi connectivity index (χ0v) is 17.8. The van der Waals surface area contributed by atoms with Crippen LogP contribution in [0.5, 0.6) is 17.2 Å². The van der Waals surface area contributed by atoms with E-state index in [1.807, 2.05) is 0 Å². The number of amides is 1. The van der Waals surface area contributed by atoms with Gasteiger partial charge in [0.1, 0.15) is 24.0 Å². The zero-order valence-electron chi connectivity index (χ0n) is 17.0. The predicted octanol–water partition coefficient (Wildman–Crippen LogP) is 2.99. The average Bonchev–Trinajstić information content (AvgIpc) is 2.74. The second-order valence-corrected chi connectivity index (χ2v) is 9.36. The van der Waals surface area contributed by atoms with Gasteiger partial charge in [-0.15, -0.1) is 13.2 Å². The van der Waals surface area contributed by atoms with Crippen molar-refractivity contribution < 1.29 is 50.5 Å². The predicted molar refractivity (Wildman–Crippen MR) is 105 cm³/mol. The van der Waals surface area contributed by atoms with Crippen molar-refractivity contribution in [2.45, 2.75) is 11.3 Å². The van der Waals surface area contributed by atoms with Gasteiger partial charge in [-0.25, -0.2) is 13.5 Å². The van der Waals surface area contributed by atoms with Crippen LogP contribution in [0.1, 0.15) is 0 Å². The van der Waals surface area contributed by atoms with Crippen LogP contribution >= 0.6 is 0 Å². The molecule has 0 spiro atoms. The Labute approximate surface area is 187 Å². The van der Waals surface area contributed by atoms with E-state index in [9.17, 15) is 31.6 Å². The summed E-state index contributed by atoms with van der Waals surface area (Å²) < 4.78 is 82.3. The third-order valence-corrected chi connectivity index (χ3v) is 6.56. The van der Waals surface area contributed by atoms with E-state index in [4.69, 9.17) is 14.2 Å². The van der Waals surface area contributed by atoms with E-state index < -0.39 is 33.1 Å². The van der Waals surface area contributed by atoms with Crippen LogP contribution in [0.15, 0.2) is 53.4 Å². The largest absolute Gasteiger partial charge is 0.573 e. The minimum atomic E-state index is -4.80. The fourth-order valence-corrected chi connectivity index (χ4v) is 5.05. The molecule has 0 saturated carbocycles. The number of ether oxygens (including phenoxy) is 4. The first-order valence-electron chi connectivity index (χ1n) is 9.43. The minimum Gasteiger partial charge on any atom is -0.457 e. The number of carbonyl (C=O) groups excluding carboxylic acids is 1. The third kappa shape index (κ3) is 7.05. The van der Waals surface area contributed by atoms with E-state index in [-0.39, 0.29) is 49.4 Å². The van der Waals surface area contributed by atoms with Crippen LogP contribution in [0, 0.1) is 5.41 Å². The van der Waals surface area contributed by atoms with Crippen molar-refractivity contribution in [2.75, 3.05) is 32.3 Å². The maximum absolute atomic E-state index is 13.0. The lowest BCUT2D eigenvalue weighted by Crippen LogP contribution is -2.49. The molecule has 1 saturated heterocycles. The number of nitrogens with zero attached hydrogens (tertiary/aromatic N) is 1.